The summed E-state index contributed by atoms with van der Waals surface area (Å²) in [6.45, 7) is 1.52. The Morgan fingerprint density at radius 3 is 3.00 bits per heavy atom. The van der Waals surface area contributed by atoms with Gasteiger partial charge in [0.05, 0.1) is 6.10 Å². The fourth-order valence-electron chi connectivity index (χ4n) is 3.04. The number of H-pyrrole nitrogens is 1. The molecule has 1 aliphatic carbocycles. The monoisotopic (exact) mass is 220 g/mol. The summed E-state index contributed by atoms with van der Waals surface area (Å²) in [4.78, 5) is 16.9. The number of likely N-dealkylation sites (tertiary alicyclic amines) is 1. The van der Waals surface area contributed by atoms with E-state index in [4.69, 9.17) is 0 Å². The predicted octanol–water partition coefficient (Wildman–Crippen LogP) is 0.858. The Morgan fingerprint density at radius 2 is 2.31 bits per heavy atom. The van der Waals surface area contributed by atoms with Gasteiger partial charge in [-0.15, -0.1) is 0 Å². The Balaban J connectivity index is 1.73. The molecule has 4 heteroatoms. The van der Waals surface area contributed by atoms with Gasteiger partial charge in [0.1, 0.15) is 5.69 Å². The van der Waals surface area contributed by atoms with Crippen molar-refractivity contribution in [2.75, 3.05) is 13.1 Å². The first-order valence-corrected chi connectivity index (χ1v) is 5.86. The maximum Gasteiger partial charge on any atom is 0.270 e. The van der Waals surface area contributed by atoms with Crippen molar-refractivity contribution in [2.45, 2.75) is 18.9 Å². The van der Waals surface area contributed by atoms with Gasteiger partial charge >= 0.3 is 0 Å². The van der Waals surface area contributed by atoms with E-state index in [0.29, 0.717) is 24.1 Å². The van der Waals surface area contributed by atoms with Gasteiger partial charge in [0.15, 0.2) is 0 Å². The largest absolute Gasteiger partial charge is 0.393 e. The summed E-state index contributed by atoms with van der Waals surface area (Å²) in [5.74, 6) is 0.874. The van der Waals surface area contributed by atoms with Gasteiger partial charge in [-0.05, 0) is 30.9 Å². The molecule has 1 amide bonds. The highest BCUT2D eigenvalue weighted by atomic mass is 16.3. The number of aliphatic hydroxyl groups is 1. The molecule has 2 fully saturated rings. The molecular formula is C12H16N2O2. The number of nitrogens with zero attached hydrogens (tertiary/aromatic N) is 1. The Labute approximate surface area is 94.3 Å². The summed E-state index contributed by atoms with van der Waals surface area (Å²) >= 11 is 0. The van der Waals surface area contributed by atoms with Crippen LogP contribution in [0.1, 0.15) is 23.3 Å². The predicted molar refractivity (Wildman–Crippen MR) is 58.9 cm³/mol. The fourth-order valence-corrected chi connectivity index (χ4v) is 3.04. The van der Waals surface area contributed by atoms with Crippen molar-refractivity contribution in [3.63, 3.8) is 0 Å². The SMILES string of the molecule is O=C(c1ccc[nH]1)N1CC2CCC(O)C2C1. The van der Waals surface area contributed by atoms with Crippen molar-refractivity contribution in [1.29, 1.82) is 0 Å². The molecule has 4 nitrogen and oxygen atoms in total. The Kier molecular flexibility index (Phi) is 2.24. The maximum absolute atomic E-state index is 12.1. The van der Waals surface area contributed by atoms with E-state index in [1.54, 1.807) is 12.3 Å². The normalized spacial score (nSPS) is 33.1. The smallest absolute Gasteiger partial charge is 0.270 e. The standard InChI is InChI=1S/C12H16N2O2/c15-11-4-3-8-6-14(7-9(8)11)12(16)10-2-1-5-13-10/h1-2,5,8-9,11,13,15H,3-4,6-7H2. The zero-order valence-corrected chi connectivity index (χ0v) is 9.10. The molecule has 3 rings (SSSR count). The molecule has 86 valence electrons. The summed E-state index contributed by atoms with van der Waals surface area (Å²) < 4.78 is 0. The van der Waals surface area contributed by atoms with Crippen molar-refractivity contribution in [3.8, 4) is 0 Å². The number of hydrogen-bond acceptors (Lipinski definition) is 2. The molecule has 2 N–H and O–H groups in total. The summed E-state index contributed by atoms with van der Waals surface area (Å²) in [5.41, 5.74) is 0.648. The number of nitrogens with one attached hydrogen (secondary N) is 1. The van der Waals surface area contributed by atoms with E-state index in [2.05, 4.69) is 4.98 Å². The molecule has 16 heavy (non-hydrogen) atoms. The number of aromatic nitrogens is 1. The van der Waals surface area contributed by atoms with Crippen LogP contribution in [-0.2, 0) is 0 Å². The van der Waals surface area contributed by atoms with Gasteiger partial charge in [0.25, 0.3) is 5.91 Å². The van der Waals surface area contributed by atoms with Gasteiger partial charge in [-0.25, -0.2) is 0 Å². The van der Waals surface area contributed by atoms with Crippen LogP contribution in [-0.4, -0.2) is 40.1 Å². The third kappa shape index (κ3) is 1.45. The van der Waals surface area contributed by atoms with E-state index in [-0.39, 0.29) is 12.0 Å². The molecule has 1 aromatic heterocycles. The first-order valence-electron chi connectivity index (χ1n) is 5.86. The van der Waals surface area contributed by atoms with Crippen LogP contribution in [0.4, 0.5) is 0 Å². The lowest BCUT2D eigenvalue weighted by atomic mass is 10.00. The summed E-state index contributed by atoms with van der Waals surface area (Å²) in [6.07, 6.45) is 3.52. The lowest BCUT2D eigenvalue weighted by Crippen LogP contribution is -2.31. The quantitative estimate of drug-likeness (QED) is 0.737. The third-order valence-electron chi connectivity index (χ3n) is 3.93. The highest BCUT2D eigenvalue weighted by Crippen LogP contribution is 2.38. The zero-order valence-electron chi connectivity index (χ0n) is 9.10. The maximum atomic E-state index is 12.1. The molecule has 0 bridgehead atoms. The molecule has 0 radical (unpaired) electrons. The van der Waals surface area contributed by atoms with Crippen LogP contribution in [0, 0.1) is 11.8 Å². The van der Waals surface area contributed by atoms with E-state index in [0.717, 1.165) is 19.4 Å². The third-order valence-corrected chi connectivity index (χ3v) is 3.93. The summed E-state index contributed by atoms with van der Waals surface area (Å²) in [7, 11) is 0. The van der Waals surface area contributed by atoms with Gasteiger partial charge < -0.3 is 15.0 Å². The molecule has 0 spiro atoms. The van der Waals surface area contributed by atoms with Crippen molar-refractivity contribution in [2.24, 2.45) is 11.8 Å². The van der Waals surface area contributed by atoms with Crippen LogP contribution in [0.3, 0.4) is 0 Å². The minimum atomic E-state index is -0.202. The Bertz CT molecular complexity index is 388. The van der Waals surface area contributed by atoms with Crippen molar-refractivity contribution < 1.29 is 9.90 Å². The van der Waals surface area contributed by atoms with Crippen LogP contribution >= 0.6 is 0 Å². The number of rotatable bonds is 1. The van der Waals surface area contributed by atoms with Gasteiger partial charge in [-0.3, -0.25) is 4.79 Å². The van der Waals surface area contributed by atoms with Crippen LogP contribution in [0.5, 0.6) is 0 Å². The number of aliphatic hydroxyl groups excluding tert-OH is 1. The second kappa shape index (κ2) is 3.63. The molecule has 1 aromatic rings. The number of fused-ring (bicyclic) bond motifs is 1. The first kappa shape index (κ1) is 9.90. The van der Waals surface area contributed by atoms with Gasteiger partial charge in [-0.2, -0.15) is 0 Å². The number of amides is 1. The van der Waals surface area contributed by atoms with Crippen LogP contribution in [0.2, 0.25) is 0 Å². The molecule has 1 saturated heterocycles. The van der Waals surface area contributed by atoms with Gasteiger partial charge in [0, 0.05) is 25.2 Å². The molecule has 3 atom stereocenters. The van der Waals surface area contributed by atoms with Crippen molar-refractivity contribution in [1.82, 2.24) is 9.88 Å². The molecular weight excluding hydrogens is 204 g/mol. The number of carbonyl (C=O) groups excluding carboxylic acids is 1. The second-order valence-electron chi connectivity index (χ2n) is 4.86. The van der Waals surface area contributed by atoms with Crippen LogP contribution in [0.15, 0.2) is 18.3 Å². The van der Waals surface area contributed by atoms with E-state index < -0.39 is 0 Å². The topological polar surface area (TPSA) is 56.3 Å². The molecule has 0 aromatic carbocycles. The van der Waals surface area contributed by atoms with Crippen LogP contribution in [0.25, 0.3) is 0 Å². The number of carbonyl (C=O) groups is 1. The molecule has 2 aliphatic rings. The molecule has 3 unspecified atom stereocenters. The average molecular weight is 220 g/mol. The van der Waals surface area contributed by atoms with E-state index >= 15 is 0 Å². The Morgan fingerprint density at radius 1 is 1.44 bits per heavy atom. The van der Waals surface area contributed by atoms with E-state index in [1.807, 2.05) is 11.0 Å². The van der Waals surface area contributed by atoms with Crippen LogP contribution < -0.4 is 0 Å². The van der Waals surface area contributed by atoms with E-state index in [1.165, 1.54) is 0 Å². The summed E-state index contributed by atoms with van der Waals surface area (Å²) in [5, 5.41) is 9.78. The fraction of sp³-hybridized carbons (Fsp3) is 0.583. The summed E-state index contributed by atoms with van der Waals surface area (Å²) in [6, 6.07) is 3.63. The van der Waals surface area contributed by atoms with Crippen molar-refractivity contribution in [3.05, 3.63) is 24.0 Å². The van der Waals surface area contributed by atoms with Gasteiger partial charge in [-0.1, -0.05) is 0 Å². The first-order chi connectivity index (χ1) is 7.75. The van der Waals surface area contributed by atoms with E-state index in [9.17, 15) is 9.90 Å². The molecule has 2 heterocycles. The lowest BCUT2D eigenvalue weighted by Gasteiger charge is -2.17. The Hall–Kier alpha value is -1.29. The van der Waals surface area contributed by atoms with Crippen molar-refractivity contribution >= 4 is 5.91 Å². The highest BCUT2D eigenvalue weighted by Gasteiger charge is 2.43. The number of hydrogen-bond donors (Lipinski definition) is 2. The average Bonchev–Trinajstić information content (AvgIpc) is 2.96. The minimum Gasteiger partial charge on any atom is -0.393 e. The minimum absolute atomic E-state index is 0.0617. The number of aromatic amines is 1. The molecule has 1 aliphatic heterocycles. The lowest BCUT2D eigenvalue weighted by molar-refractivity contribution is 0.0747. The highest BCUT2D eigenvalue weighted by molar-refractivity contribution is 5.92. The molecule has 1 saturated carbocycles. The zero-order chi connectivity index (χ0) is 11.1. The second-order valence-corrected chi connectivity index (χ2v) is 4.86. The van der Waals surface area contributed by atoms with Gasteiger partial charge in [0.2, 0.25) is 0 Å².